The number of aromatic nitrogens is 1. The fourth-order valence-electron chi connectivity index (χ4n) is 1.76. The Morgan fingerprint density at radius 2 is 2.35 bits per heavy atom. The summed E-state index contributed by atoms with van der Waals surface area (Å²) in [6, 6.07) is 3.48. The molecule has 0 amide bonds. The van der Waals surface area contributed by atoms with Crippen molar-refractivity contribution < 1.29 is 14.3 Å². The Hall–Kier alpha value is -1.88. The molecule has 1 aromatic rings. The summed E-state index contributed by atoms with van der Waals surface area (Å²) in [4.78, 5) is 15.7. The van der Waals surface area contributed by atoms with Gasteiger partial charge in [-0.25, -0.2) is 9.78 Å². The maximum Gasteiger partial charge on any atom is 0.357 e. The summed E-state index contributed by atoms with van der Waals surface area (Å²) in [5.74, 6) is -0.165. The summed E-state index contributed by atoms with van der Waals surface area (Å²) in [5, 5.41) is 0. The van der Waals surface area contributed by atoms with E-state index in [1.807, 2.05) is 6.08 Å². The highest BCUT2D eigenvalue weighted by atomic mass is 16.5. The molecule has 0 bridgehead atoms. The lowest BCUT2D eigenvalue weighted by molar-refractivity contribution is 0.0593. The van der Waals surface area contributed by atoms with Crippen LogP contribution in [0.4, 0.5) is 5.82 Å². The van der Waals surface area contributed by atoms with Crippen molar-refractivity contribution in [3.8, 4) is 0 Å². The lowest BCUT2D eigenvalue weighted by Gasteiger charge is -2.15. The average Bonchev–Trinajstić information content (AvgIpc) is 2.38. The molecule has 1 aromatic heterocycles. The second-order valence-electron chi connectivity index (χ2n) is 3.68. The fraction of sp³-hybridized carbons (Fsp3) is 0.333. The molecule has 0 atom stereocenters. The van der Waals surface area contributed by atoms with Gasteiger partial charge in [0.25, 0.3) is 0 Å². The number of esters is 1. The molecule has 0 aromatic carbocycles. The van der Waals surface area contributed by atoms with Gasteiger partial charge in [0.05, 0.1) is 20.3 Å². The van der Waals surface area contributed by atoms with E-state index in [9.17, 15) is 4.79 Å². The van der Waals surface area contributed by atoms with Crippen LogP contribution in [-0.2, 0) is 9.47 Å². The molecule has 0 spiro atoms. The average molecular weight is 234 g/mol. The van der Waals surface area contributed by atoms with E-state index in [1.54, 1.807) is 12.1 Å². The second kappa shape index (κ2) is 4.97. The topological polar surface area (TPSA) is 74.4 Å². The van der Waals surface area contributed by atoms with Gasteiger partial charge in [-0.1, -0.05) is 6.08 Å². The summed E-state index contributed by atoms with van der Waals surface area (Å²) in [5.41, 5.74) is 7.67. The first kappa shape index (κ1) is 11.6. The smallest absolute Gasteiger partial charge is 0.357 e. The summed E-state index contributed by atoms with van der Waals surface area (Å²) in [6.45, 7) is 1.21. The zero-order chi connectivity index (χ0) is 12.3. The summed E-state index contributed by atoms with van der Waals surface area (Å²) in [7, 11) is 1.33. The van der Waals surface area contributed by atoms with Crippen molar-refractivity contribution in [3.63, 3.8) is 0 Å². The molecule has 5 heteroatoms. The van der Waals surface area contributed by atoms with Crippen molar-refractivity contribution in [2.75, 3.05) is 26.1 Å². The second-order valence-corrected chi connectivity index (χ2v) is 3.68. The van der Waals surface area contributed by atoms with Crippen LogP contribution in [0, 0.1) is 0 Å². The standard InChI is InChI=1S/C12H14N2O3/c1-16-12(15)11-9(2-3-10(13)14-11)8-4-6-17-7-5-8/h2-4H,5-7H2,1H3,(H2,13,14). The number of pyridine rings is 1. The molecule has 17 heavy (non-hydrogen) atoms. The number of carbonyl (C=O) groups excluding carboxylic acids is 1. The molecule has 2 N–H and O–H groups in total. The van der Waals surface area contributed by atoms with Crippen LogP contribution >= 0.6 is 0 Å². The van der Waals surface area contributed by atoms with Crippen LogP contribution in [0.25, 0.3) is 5.57 Å². The Bertz CT molecular complexity index is 469. The van der Waals surface area contributed by atoms with Crippen molar-refractivity contribution in [1.29, 1.82) is 0 Å². The molecule has 0 unspecified atom stereocenters. The molecular formula is C12H14N2O3. The van der Waals surface area contributed by atoms with Crippen LogP contribution < -0.4 is 5.73 Å². The van der Waals surface area contributed by atoms with Gasteiger partial charge in [-0.3, -0.25) is 0 Å². The van der Waals surface area contributed by atoms with Crippen LogP contribution in [0.5, 0.6) is 0 Å². The molecule has 0 saturated heterocycles. The van der Waals surface area contributed by atoms with Crippen LogP contribution in [0.15, 0.2) is 18.2 Å². The predicted molar refractivity (Wildman–Crippen MR) is 63.4 cm³/mol. The van der Waals surface area contributed by atoms with Crippen LogP contribution in [0.3, 0.4) is 0 Å². The molecule has 0 fully saturated rings. The van der Waals surface area contributed by atoms with Crippen molar-refractivity contribution in [1.82, 2.24) is 4.98 Å². The highest BCUT2D eigenvalue weighted by Crippen LogP contribution is 2.24. The molecule has 1 aliphatic heterocycles. The number of nitrogen functional groups attached to an aromatic ring is 1. The minimum absolute atomic E-state index is 0.264. The quantitative estimate of drug-likeness (QED) is 0.779. The van der Waals surface area contributed by atoms with Crippen LogP contribution in [0.1, 0.15) is 22.5 Å². The van der Waals surface area contributed by atoms with E-state index < -0.39 is 5.97 Å². The lowest BCUT2D eigenvalue weighted by atomic mass is 10.00. The number of hydrogen-bond acceptors (Lipinski definition) is 5. The number of nitrogens with zero attached hydrogens (tertiary/aromatic N) is 1. The van der Waals surface area contributed by atoms with Gasteiger partial charge in [-0.05, 0) is 24.1 Å². The van der Waals surface area contributed by atoms with E-state index in [1.165, 1.54) is 7.11 Å². The van der Waals surface area contributed by atoms with Gasteiger partial charge < -0.3 is 15.2 Å². The third kappa shape index (κ3) is 2.45. The van der Waals surface area contributed by atoms with Gasteiger partial charge in [-0.15, -0.1) is 0 Å². The van der Waals surface area contributed by atoms with Gasteiger partial charge in [0, 0.05) is 5.56 Å². The highest BCUT2D eigenvalue weighted by molar-refractivity contribution is 5.94. The summed E-state index contributed by atoms with van der Waals surface area (Å²) < 4.78 is 9.94. The molecule has 2 heterocycles. The first-order valence-electron chi connectivity index (χ1n) is 5.34. The molecule has 0 saturated carbocycles. The zero-order valence-corrected chi connectivity index (χ0v) is 9.60. The fourth-order valence-corrected chi connectivity index (χ4v) is 1.76. The van der Waals surface area contributed by atoms with Gasteiger partial charge in [0.15, 0.2) is 5.69 Å². The minimum atomic E-state index is -0.473. The van der Waals surface area contributed by atoms with E-state index in [-0.39, 0.29) is 5.69 Å². The SMILES string of the molecule is COC(=O)c1nc(N)ccc1C1=CCOCC1. The van der Waals surface area contributed by atoms with E-state index in [0.717, 1.165) is 17.6 Å². The van der Waals surface area contributed by atoms with Gasteiger partial charge in [0.1, 0.15) is 5.82 Å². The number of rotatable bonds is 2. The molecule has 5 nitrogen and oxygen atoms in total. The van der Waals surface area contributed by atoms with Crippen molar-refractivity contribution in [2.45, 2.75) is 6.42 Å². The number of hydrogen-bond donors (Lipinski definition) is 1. The lowest BCUT2D eigenvalue weighted by Crippen LogP contribution is -2.12. The van der Waals surface area contributed by atoms with Gasteiger partial charge in [0.2, 0.25) is 0 Å². The largest absolute Gasteiger partial charge is 0.464 e. The van der Waals surface area contributed by atoms with Crippen molar-refractivity contribution in [2.24, 2.45) is 0 Å². The Morgan fingerprint density at radius 1 is 1.53 bits per heavy atom. The van der Waals surface area contributed by atoms with Crippen molar-refractivity contribution in [3.05, 3.63) is 29.5 Å². The Balaban J connectivity index is 2.45. The number of ether oxygens (including phenoxy) is 2. The number of carbonyl (C=O) groups is 1. The summed E-state index contributed by atoms with van der Waals surface area (Å²) in [6.07, 6.45) is 2.71. The Labute approximate surface area is 99.2 Å². The van der Waals surface area contributed by atoms with Crippen LogP contribution in [0.2, 0.25) is 0 Å². The highest BCUT2D eigenvalue weighted by Gasteiger charge is 2.18. The normalized spacial score (nSPS) is 15.2. The zero-order valence-electron chi connectivity index (χ0n) is 9.60. The van der Waals surface area contributed by atoms with E-state index in [2.05, 4.69) is 4.98 Å². The van der Waals surface area contributed by atoms with E-state index in [0.29, 0.717) is 19.0 Å². The third-order valence-corrected chi connectivity index (χ3v) is 2.60. The van der Waals surface area contributed by atoms with E-state index in [4.69, 9.17) is 15.2 Å². The van der Waals surface area contributed by atoms with E-state index >= 15 is 0 Å². The van der Waals surface area contributed by atoms with Crippen molar-refractivity contribution >= 4 is 17.4 Å². The molecule has 0 radical (unpaired) electrons. The molecule has 0 aliphatic carbocycles. The molecular weight excluding hydrogens is 220 g/mol. The molecule has 2 rings (SSSR count). The summed E-state index contributed by atoms with van der Waals surface area (Å²) >= 11 is 0. The Kier molecular flexibility index (Phi) is 3.39. The maximum atomic E-state index is 11.6. The Morgan fingerprint density at radius 3 is 3.00 bits per heavy atom. The monoisotopic (exact) mass is 234 g/mol. The first-order valence-corrected chi connectivity index (χ1v) is 5.34. The van der Waals surface area contributed by atoms with Gasteiger partial charge in [-0.2, -0.15) is 0 Å². The molecule has 1 aliphatic rings. The number of anilines is 1. The number of methoxy groups -OCH3 is 1. The molecule has 90 valence electrons. The first-order chi connectivity index (χ1) is 8.22. The number of nitrogens with two attached hydrogens (primary N) is 1. The van der Waals surface area contributed by atoms with Crippen LogP contribution in [-0.4, -0.2) is 31.3 Å². The maximum absolute atomic E-state index is 11.6. The van der Waals surface area contributed by atoms with Gasteiger partial charge >= 0.3 is 5.97 Å². The minimum Gasteiger partial charge on any atom is -0.464 e. The predicted octanol–water partition coefficient (Wildman–Crippen LogP) is 1.25. The third-order valence-electron chi connectivity index (χ3n) is 2.60.